The molecule has 10 heteroatoms. The van der Waals surface area contributed by atoms with Crippen LogP contribution in [0.4, 0.5) is 11.4 Å². The number of amides is 1. The number of hydrogen-bond donors (Lipinski definition) is 1. The monoisotopic (exact) mass is 486 g/mol. The van der Waals surface area contributed by atoms with Gasteiger partial charge in [-0.2, -0.15) is 0 Å². The molecule has 9 nitrogen and oxygen atoms in total. The van der Waals surface area contributed by atoms with Gasteiger partial charge in [0.05, 0.1) is 44.7 Å². The van der Waals surface area contributed by atoms with Gasteiger partial charge in [-0.25, -0.2) is 8.42 Å². The highest BCUT2D eigenvalue weighted by atomic mass is 32.2. The normalized spacial score (nSPS) is 10.8. The second kappa shape index (κ2) is 10.8. The average Bonchev–Trinajstić information content (AvgIpc) is 2.87. The topological polar surface area (TPSA) is 103 Å². The lowest BCUT2D eigenvalue weighted by atomic mass is 10.2. The third-order valence-corrected chi connectivity index (χ3v) is 6.74. The van der Waals surface area contributed by atoms with Crippen molar-refractivity contribution >= 4 is 27.3 Å². The van der Waals surface area contributed by atoms with Crippen LogP contribution in [0.3, 0.4) is 0 Å². The first-order valence-electron chi connectivity index (χ1n) is 10.2. The molecule has 180 valence electrons. The molecule has 0 aliphatic carbocycles. The summed E-state index contributed by atoms with van der Waals surface area (Å²) in [5, 5.41) is 2.71. The maximum Gasteiger partial charge on any atom is 0.264 e. The van der Waals surface area contributed by atoms with Crippen LogP contribution in [0, 0.1) is 0 Å². The van der Waals surface area contributed by atoms with E-state index in [0.29, 0.717) is 28.7 Å². The molecule has 0 bridgehead atoms. The van der Waals surface area contributed by atoms with E-state index in [0.717, 1.165) is 4.31 Å². The summed E-state index contributed by atoms with van der Waals surface area (Å²) in [6, 6.07) is 17.4. The number of carbonyl (C=O) groups excluding carboxylic acids is 1. The van der Waals surface area contributed by atoms with Crippen LogP contribution >= 0.6 is 0 Å². The number of anilines is 2. The summed E-state index contributed by atoms with van der Waals surface area (Å²) in [6.07, 6.45) is 0. The molecular weight excluding hydrogens is 460 g/mol. The van der Waals surface area contributed by atoms with Gasteiger partial charge in [-0.1, -0.05) is 18.2 Å². The van der Waals surface area contributed by atoms with Gasteiger partial charge in [-0.3, -0.25) is 9.10 Å². The van der Waals surface area contributed by atoms with E-state index in [1.54, 1.807) is 48.5 Å². The maximum atomic E-state index is 13.5. The molecule has 1 amide bonds. The minimum atomic E-state index is -4.09. The quantitative estimate of drug-likeness (QED) is 0.467. The lowest BCUT2D eigenvalue weighted by Crippen LogP contribution is -2.38. The third-order valence-electron chi connectivity index (χ3n) is 4.96. The highest BCUT2D eigenvalue weighted by Crippen LogP contribution is 2.34. The van der Waals surface area contributed by atoms with Crippen molar-refractivity contribution in [2.45, 2.75) is 4.90 Å². The summed E-state index contributed by atoms with van der Waals surface area (Å²) in [6.45, 7) is -0.498. The predicted octanol–water partition coefficient (Wildman–Crippen LogP) is 3.56. The molecule has 0 aliphatic rings. The average molecular weight is 487 g/mol. The van der Waals surface area contributed by atoms with E-state index in [-0.39, 0.29) is 10.6 Å². The van der Waals surface area contributed by atoms with Crippen LogP contribution in [0.2, 0.25) is 0 Å². The Bertz CT molecular complexity index is 1250. The molecule has 0 fully saturated rings. The van der Waals surface area contributed by atoms with Gasteiger partial charge in [0.25, 0.3) is 10.0 Å². The van der Waals surface area contributed by atoms with Crippen LogP contribution in [-0.4, -0.2) is 49.3 Å². The van der Waals surface area contributed by atoms with Crippen molar-refractivity contribution in [2.75, 3.05) is 44.6 Å². The smallest absolute Gasteiger partial charge is 0.264 e. The molecule has 0 aliphatic heterocycles. The number of nitrogens with one attached hydrogen (secondary N) is 1. The van der Waals surface area contributed by atoms with E-state index in [1.807, 2.05) is 0 Å². The largest absolute Gasteiger partial charge is 0.497 e. The Balaban J connectivity index is 1.99. The molecular formula is C24H26N2O7S. The Labute approximate surface area is 198 Å². The second-order valence-electron chi connectivity index (χ2n) is 6.98. The molecule has 34 heavy (non-hydrogen) atoms. The van der Waals surface area contributed by atoms with E-state index in [1.165, 1.54) is 46.6 Å². The number of rotatable bonds is 10. The molecule has 0 spiro atoms. The first-order chi connectivity index (χ1) is 16.3. The number of nitrogens with zero attached hydrogens (tertiary/aromatic N) is 1. The summed E-state index contributed by atoms with van der Waals surface area (Å²) in [4.78, 5) is 13.1. The fraction of sp³-hybridized carbons (Fsp3) is 0.208. The highest BCUT2D eigenvalue weighted by Gasteiger charge is 2.28. The van der Waals surface area contributed by atoms with Gasteiger partial charge in [0.1, 0.15) is 18.0 Å². The van der Waals surface area contributed by atoms with Gasteiger partial charge >= 0.3 is 0 Å². The maximum absolute atomic E-state index is 13.5. The summed E-state index contributed by atoms with van der Waals surface area (Å²) < 4.78 is 49.1. The second-order valence-corrected chi connectivity index (χ2v) is 8.84. The number of ether oxygens (including phenoxy) is 4. The molecule has 0 unspecified atom stereocenters. The van der Waals surface area contributed by atoms with Gasteiger partial charge in [-0.05, 0) is 36.4 Å². The van der Waals surface area contributed by atoms with Crippen LogP contribution < -0.4 is 28.6 Å². The van der Waals surface area contributed by atoms with Crippen molar-refractivity contribution in [3.05, 3.63) is 66.7 Å². The number of carbonyl (C=O) groups is 1. The van der Waals surface area contributed by atoms with E-state index in [9.17, 15) is 13.2 Å². The first kappa shape index (κ1) is 24.7. The number of hydrogen-bond acceptors (Lipinski definition) is 7. The van der Waals surface area contributed by atoms with E-state index < -0.39 is 22.5 Å². The zero-order valence-electron chi connectivity index (χ0n) is 19.3. The molecule has 1 N–H and O–H groups in total. The van der Waals surface area contributed by atoms with Gasteiger partial charge in [-0.15, -0.1) is 0 Å². The molecule has 0 heterocycles. The zero-order chi connectivity index (χ0) is 24.7. The van der Waals surface area contributed by atoms with Crippen LogP contribution in [-0.2, 0) is 14.8 Å². The predicted molar refractivity (Wildman–Crippen MR) is 129 cm³/mol. The number of sulfonamides is 1. The van der Waals surface area contributed by atoms with Gasteiger partial charge in [0.15, 0.2) is 11.5 Å². The lowest BCUT2D eigenvalue weighted by molar-refractivity contribution is -0.114. The van der Waals surface area contributed by atoms with Crippen molar-refractivity contribution in [3.63, 3.8) is 0 Å². The fourth-order valence-corrected chi connectivity index (χ4v) is 4.67. The Hall–Kier alpha value is -3.92. The first-order valence-corrected chi connectivity index (χ1v) is 11.6. The van der Waals surface area contributed by atoms with Crippen molar-refractivity contribution < 1.29 is 32.2 Å². The fourth-order valence-electron chi connectivity index (χ4n) is 3.24. The van der Waals surface area contributed by atoms with Crippen molar-refractivity contribution in [1.29, 1.82) is 0 Å². The van der Waals surface area contributed by atoms with Crippen molar-refractivity contribution in [3.8, 4) is 23.0 Å². The van der Waals surface area contributed by atoms with Crippen LogP contribution in [0.25, 0.3) is 0 Å². The van der Waals surface area contributed by atoms with Gasteiger partial charge in [0, 0.05) is 12.1 Å². The summed E-state index contributed by atoms with van der Waals surface area (Å²) >= 11 is 0. The summed E-state index contributed by atoms with van der Waals surface area (Å²) in [7, 11) is 1.81. The molecule has 0 atom stereocenters. The number of methoxy groups -OCH3 is 4. The standard InChI is InChI=1S/C24H26N2O7S/c1-30-18-11-12-20(22(15-18)32-3)25-24(27)16-26(34(28,29)19-8-6-5-7-9-19)17-10-13-21(31-2)23(14-17)33-4/h5-15H,16H2,1-4H3,(H,25,27). The Morgan fingerprint density at radius 3 is 2.09 bits per heavy atom. The Morgan fingerprint density at radius 2 is 1.47 bits per heavy atom. The van der Waals surface area contributed by atoms with Gasteiger partial charge in [0.2, 0.25) is 5.91 Å². The molecule has 3 aromatic carbocycles. The van der Waals surface area contributed by atoms with E-state index in [2.05, 4.69) is 5.32 Å². The van der Waals surface area contributed by atoms with Crippen LogP contribution in [0.5, 0.6) is 23.0 Å². The third kappa shape index (κ3) is 5.34. The van der Waals surface area contributed by atoms with E-state index >= 15 is 0 Å². The Kier molecular flexibility index (Phi) is 7.85. The highest BCUT2D eigenvalue weighted by molar-refractivity contribution is 7.92. The molecule has 3 aromatic rings. The van der Waals surface area contributed by atoms with Crippen LogP contribution in [0.15, 0.2) is 71.6 Å². The van der Waals surface area contributed by atoms with Crippen LogP contribution in [0.1, 0.15) is 0 Å². The van der Waals surface area contributed by atoms with E-state index in [4.69, 9.17) is 18.9 Å². The molecule has 3 rings (SSSR count). The molecule has 0 radical (unpaired) electrons. The Morgan fingerprint density at radius 1 is 0.794 bits per heavy atom. The summed E-state index contributed by atoms with van der Waals surface area (Å²) in [5.74, 6) is 1.10. The SMILES string of the molecule is COc1ccc(NC(=O)CN(c2ccc(OC)c(OC)c2)S(=O)(=O)c2ccccc2)c(OC)c1. The molecule has 0 aromatic heterocycles. The molecule has 0 saturated heterocycles. The lowest BCUT2D eigenvalue weighted by Gasteiger charge is -2.25. The van der Waals surface area contributed by atoms with Gasteiger partial charge < -0.3 is 24.3 Å². The van der Waals surface area contributed by atoms with Crippen molar-refractivity contribution in [1.82, 2.24) is 0 Å². The number of benzene rings is 3. The summed E-state index contributed by atoms with van der Waals surface area (Å²) in [5.41, 5.74) is 0.607. The molecule has 0 saturated carbocycles. The van der Waals surface area contributed by atoms with Crippen molar-refractivity contribution in [2.24, 2.45) is 0 Å². The minimum Gasteiger partial charge on any atom is -0.497 e. The zero-order valence-corrected chi connectivity index (χ0v) is 20.1. The minimum absolute atomic E-state index is 0.0413.